The van der Waals surface area contributed by atoms with Crippen molar-refractivity contribution < 1.29 is 9.90 Å². The van der Waals surface area contributed by atoms with Crippen LogP contribution in [0.15, 0.2) is 30.3 Å². The van der Waals surface area contributed by atoms with E-state index < -0.39 is 0 Å². The van der Waals surface area contributed by atoms with E-state index in [4.69, 9.17) is 0 Å². The zero-order chi connectivity index (χ0) is 18.5. The summed E-state index contributed by atoms with van der Waals surface area (Å²) in [5, 5.41) is 14.5. The molecule has 140 valence electrons. The summed E-state index contributed by atoms with van der Waals surface area (Å²) in [5.74, 6) is 0.319. The van der Waals surface area contributed by atoms with Crippen LogP contribution in [-0.2, 0) is 6.42 Å². The van der Waals surface area contributed by atoms with Gasteiger partial charge in [0.15, 0.2) is 5.13 Å². The Kier molecular flexibility index (Phi) is 6.27. The van der Waals surface area contributed by atoms with E-state index in [1.165, 1.54) is 11.3 Å². The molecule has 3 rings (SSSR count). The first kappa shape index (κ1) is 18.9. The molecule has 6 heteroatoms. The van der Waals surface area contributed by atoms with E-state index >= 15 is 0 Å². The highest BCUT2D eigenvalue weighted by Gasteiger charge is 2.29. The Morgan fingerprint density at radius 3 is 2.69 bits per heavy atom. The topological polar surface area (TPSA) is 65.5 Å². The minimum atomic E-state index is -0.347. The fourth-order valence-electron chi connectivity index (χ4n) is 3.47. The van der Waals surface area contributed by atoms with Crippen molar-refractivity contribution in [1.29, 1.82) is 0 Å². The number of benzene rings is 1. The van der Waals surface area contributed by atoms with E-state index in [9.17, 15) is 9.90 Å². The van der Waals surface area contributed by atoms with E-state index in [0.717, 1.165) is 40.7 Å². The molecule has 2 aromatic rings. The van der Waals surface area contributed by atoms with Gasteiger partial charge in [0.25, 0.3) is 5.91 Å². The van der Waals surface area contributed by atoms with Crippen LogP contribution >= 0.6 is 11.3 Å². The maximum Gasteiger partial charge on any atom is 0.265 e. The fraction of sp³-hybridized carbons (Fsp3) is 0.500. The number of hydrogen-bond acceptors (Lipinski definition) is 5. The minimum absolute atomic E-state index is 0.0696. The standard InChI is InChI=1S/C20H27N3O2S/c1-3-21-20-22-14(2)18(26-20)19(25)23-11-9-16(10-12-23)17(24)13-15-7-5-4-6-8-15/h4-8,16-17,24H,3,9-13H2,1-2H3,(H,21,22)/t17-/m0/s1. The zero-order valence-corrected chi connectivity index (χ0v) is 16.3. The van der Waals surface area contributed by atoms with Crippen molar-refractivity contribution >= 4 is 22.4 Å². The number of piperidine rings is 1. The van der Waals surface area contributed by atoms with Crippen LogP contribution in [0, 0.1) is 12.8 Å². The number of likely N-dealkylation sites (tertiary alicyclic amines) is 1. The molecule has 2 N–H and O–H groups in total. The number of carbonyl (C=O) groups is 1. The fourth-order valence-corrected chi connectivity index (χ4v) is 4.48. The van der Waals surface area contributed by atoms with E-state index in [-0.39, 0.29) is 17.9 Å². The quantitative estimate of drug-likeness (QED) is 0.815. The molecule has 0 spiro atoms. The molecule has 1 aliphatic heterocycles. The second kappa shape index (κ2) is 8.64. The van der Waals surface area contributed by atoms with Gasteiger partial charge in [0, 0.05) is 19.6 Å². The molecule has 1 saturated heterocycles. The van der Waals surface area contributed by atoms with Crippen LogP contribution < -0.4 is 5.32 Å². The van der Waals surface area contributed by atoms with Gasteiger partial charge in [0.1, 0.15) is 4.88 Å². The van der Waals surface area contributed by atoms with Crippen LogP contribution in [-0.4, -0.2) is 46.6 Å². The van der Waals surface area contributed by atoms with Gasteiger partial charge < -0.3 is 15.3 Å². The molecule has 1 atom stereocenters. The number of aromatic nitrogens is 1. The summed E-state index contributed by atoms with van der Waals surface area (Å²) in [5.41, 5.74) is 1.96. The molecule has 1 aromatic heterocycles. The highest BCUT2D eigenvalue weighted by molar-refractivity contribution is 7.17. The van der Waals surface area contributed by atoms with Crippen LogP contribution in [0.5, 0.6) is 0 Å². The molecule has 1 aliphatic rings. The van der Waals surface area contributed by atoms with E-state index in [1.54, 1.807) is 0 Å². The van der Waals surface area contributed by atoms with E-state index in [1.807, 2.05) is 36.9 Å². The first-order chi connectivity index (χ1) is 12.6. The van der Waals surface area contributed by atoms with Crippen LogP contribution in [0.2, 0.25) is 0 Å². The highest BCUT2D eigenvalue weighted by atomic mass is 32.1. The smallest absolute Gasteiger partial charge is 0.265 e. The summed E-state index contributed by atoms with van der Waals surface area (Å²) in [6.07, 6.45) is 2.02. The molecule has 0 saturated carbocycles. The Hall–Kier alpha value is -1.92. The molecule has 26 heavy (non-hydrogen) atoms. The van der Waals surface area contributed by atoms with Gasteiger partial charge in [-0.1, -0.05) is 41.7 Å². The Morgan fingerprint density at radius 2 is 2.04 bits per heavy atom. The molecule has 5 nitrogen and oxygen atoms in total. The van der Waals surface area contributed by atoms with E-state index in [0.29, 0.717) is 19.5 Å². The number of aliphatic hydroxyl groups excluding tert-OH is 1. The van der Waals surface area contributed by atoms with Crippen molar-refractivity contribution in [1.82, 2.24) is 9.88 Å². The van der Waals surface area contributed by atoms with Gasteiger partial charge >= 0.3 is 0 Å². The summed E-state index contributed by atoms with van der Waals surface area (Å²) >= 11 is 1.43. The summed E-state index contributed by atoms with van der Waals surface area (Å²) in [7, 11) is 0. The number of aliphatic hydroxyl groups is 1. The second-order valence-corrected chi connectivity index (χ2v) is 7.85. The van der Waals surface area contributed by atoms with Gasteiger partial charge in [-0.2, -0.15) is 0 Å². The summed E-state index contributed by atoms with van der Waals surface area (Å²) < 4.78 is 0. The molecule has 1 aromatic carbocycles. The maximum atomic E-state index is 12.8. The number of thiazole rings is 1. The van der Waals surface area contributed by atoms with Crippen LogP contribution in [0.4, 0.5) is 5.13 Å². The monoisotopic (exact) mass is 373 g/mol. The normalized spacial score (nSPS) is 16.5. The lowest BCUT2D eigenvalue weighted by atomic mass is 9.88. The minimum Gasteiger partial charge on any atom is -0.392 e. The first-order valence-electron chi connectivity index (χ1n) is 9.31. The third-order valence-electron chi connectivity index (χ3n) is 4.98. The Labute approximate surface area is 159 Å². The molecule has 2 heterocycles. The Bertz CT molecular complexity index is 724. The molecule has 0 unspecified atom stereocenters. The van der Waals surface area contributed by atoms with Gasteiger partial charge in [0.2, 0.25) is 0 Å². The average Bonchev–Trinajstić information content (AvgIpc) is 3.02. The molecular formula is C20H27N3O2S. The molecule has 0 bridgehead atoms. The van der Waals surface area contributed by atoms with Crippen molar-refractivity contribution in [3.05, 3.63) is 46.5 Å². The molecule has 1 fully saturated rings. The number of hydrogen-bond donors (Lipinski definition) is 2. The number of anilines is 1. The number of rotatable bonds is 6. The van der Waals surface area contributed by atoms with Crippen molar-refractivity contribution in [3.63, 3.8) is 0 Å². The number of amides is 1. The number of nitrogens with zero attached hydrogens (tertiary/aromatic N) is 2. The predicted octanol–water partition coefficient (Wildman–Crippen LogP) is 3.34. The largest absolute Gasteiger partial charge is 0.392 e. The Balaban J connectivity index is 1.55. The highest BCUT2D eigenvalue weighted by Crippen LogP contribution is 2.28. The van der Waals surface area contributed by atoms with Crippen molar-refractivity contribution in [3.8, 4) is 0 Å². The summed E-state index contributed by atoms with van der Waals surface area (Å²) in [6, 6.07) is 10.1. The van der Waals surface area contributed by atoms with Crippen LogP contribution in [0.3, 0.4) is 0 Å². The number of nitrogens with one attached hydrogen (secondary N) is 1. The lowest BCUT2D eigenvalue weighted by molar-refractivity contribution is 0.0470. The van der Waals surface area contributed by atoms with Gasteiger partial charge in [-0.25, -0.2) is 4.98 Å². The van der Waals surface area contributed by atoms with Gasteiger partial charge in [-0.05, 0) is 44.6 Å². The third kappa shape index (κ3) is 4.43. The lowest BCUT2D eigenvalue weighted by Gasteiger charge is -2.34. The van der Waals surface area contributed by atoms with Gasteiger partial charge in [0.05, 0.1) is 11.8 Å². The average molecular weight is 374 g/mol. The van der Waals surface area contributed by atoms with Crippen molar-refractivity contribution in [2.45, 2.75) is 39.2 Å². The first-order valence-corrected chi connectivity index (χ1v) is 10.1. The SMILES string of the molecule is CCNc1nc(C)c(C(=O)N2CCC([C@@H](O)Cc3ccccc3)CC2)s1. The predicted molar refractivity (Wildman–Crippen MR) is 106 cm³/mol. The maximum absolute atomic E-state index is 12.8. The summed E-state index contributed by atoms with van der Waals surface area (Å²) in [6.45, 7) is 6.10. The lowest BCUT2D eigenvalue weighted by Crippen LogP contribution is -2.41. The Morgan fingerprint density at radius 1 is 1.35 bits per heavy atom. The zero-order valence-electron chi connectivity index (χ0n) is 15.4. The molecule has 1 amide bonds. The van der Waals surface area contributed by atoms with Gasteiger partial charge in [-0.15, -0.1) is 0 Å². The van der Waals surface area contributed by atoms with Crippen LogP contribution in [0.1, 0.15) is 40.7 Å². The summed E-state index contributed by atoms with van der Waals surface area (Å²) in [4.78, 5) is 19.9. The molecule has 0 aliphatic carbocycles. The van der Waals surface area contributed by atoms with Crippen molar-refractivity contribution in [2.75, 3.05) is 25.0 Å². The second-order valence-electron chi connectivity index (χ2n) is 6.85. The van der Waals surface area contributed by atoms with E-state index in [2.05, 4.69) is 22.4 Å². The molecular weight excluding hydrogens is 346 g/mol. The molecule has 0 radical (unpaired) electrons. The number of aryl methyl sites for hydroxylation is 1. The number of carbonyl (C=O) groups excluding carboxylic acids is 1. The van der Waals surface area contributed by atoms with Gasteiger partial charge in [-0.3, -0.25) is 4.79 Å². The third-order valence-corrected chi connectivity index (χ3v) is 6.08. The van der Waals surface area contributed by atoms with Crippen LogP contribution in [0.25, 0.3) is 0 Å². The van der Waals surface area contributed by atoms with Crippen molar-refractivity contribution in [2.24, 2.45) is 5.92 Å².